The normalized spacial score (nSPS) is 22.7. The zero-order valence-corrected chi connectivity index (χ0v) is 8.65. The number of hydrogen-bond donors (Lipinski definition) is 2. The predicted octanol–water partition coefficient (Wildman–Crippen LogP) is -0.546. The molecule has 0 aromatic carbocycles. The van der Waals surface area contributed by atoms with Crippen LogP contribution in [0.5, 0.6) is 0 Å². The number of carbonyl (C=O) groups excluding carboxylic acids is 1. The fourth-order valence-electron chi connectivity index (χ4n) is 1.12. The Morgan fingerprint density at radius 1 is 1.77 bits per heavy atom. The van der Waals surface area contributed by atoms with E-state index in [1.54, 1.807) is 11.8 Å². The lowest BCUT2D eigenvalue weighted by atomic mass is 10.3. The summed E-state index contributed by atoms with van der Waals surface area (Å²) in [5, 5.41) is 5.94. The Morgan fingerprint density at radius 3 is 3.23 bits per heavy atom. The van der Waals surface area contributed by atoms with Gasteiger partial charge in [-0.25, -0.2) is 0 Å². The summed E-state index contributed by atoms with van der Waals surface area (Å²) in [6.45, 7) is 2.82. The van der Waals surface area contributed by atoms with Crippen molar-refractivity contribution in [3.63, 3.8) is 0 Å². The molecule has 1 rings (SSSR count). The van der Waals surface area contributed by atoms with Crippen molar-refractivity contribution in [2.24, 2.45) is 0 Å². The average Bonchev–Trinajstić information content (AvgIpc) is 2.19. The molecule has 0 bridgehead atoms. The zero-order chi connectivity index (χ0) is 9.52. The monoisotopic (exact) mass is 204 g/mol. The van der Waals surface area contributed by atoms with Gasteiger partial charge in [0.25, 0.3) is 0 Å². The molecule has 0 aromatic rings. The van der Waals surface area contributed by atoms with Crippen molar-refractivity contribution in [1.82, 2.24) is 10.6 Å². The molecule has 1 aliphatic rings. The summed E-state index contributed by atoms with van der Waals surface area (Å²) in [5.74, 6) is 0.951. The van der Waals surface area contributed by atoms with Crippen LogP contribution in [0.15, 0.2) is 0 Å². The Labute approximate surface area is 82.8 Å². The third-order valence-corrected chi connectivity index (χ3v) is 2.44. The van der Waals surface area contributed by atoms with Gasteiger partial charge in [0.15, 0.2) is 0 Å². The van der Waals surface area contributed by atoms with E-state index in [-0.39, 0.29) is 12.0 Å². The van der Waals surface area contributed by atoms with E-state index >= 15 is 0 Å². The molecule has 13 heavy (non-hydrogen) atoms. The van der Waals surface area contributed by atoms with E-state index in [4.69, 9.17) is 4.74 Å². The first kappa shape index (κ1) is 10.8. The molecule has 1 fully saturated rings. The highest BCUT2D eigenvalue weighted by Crippen LogP contribution is 1.96. The summed E-state index contributed by atoms with van der Waals surface area (Å²) in [6, 6.07) is 0. The average molecular weight is 204 g/mol. The molecule has 0 radical (unpaired) electrons. The summed E-state index contributed by atoms with van der Waals surface area (Å²) < 4.78 is 5.29. The van der Waals surface area contributed by atoms with Gasteiger partial charge in [-0.3, -0.25) is 4.79 Å². The highest BCUT2D eigenvalue weighted by molar-refractivity contribution is 7.98. The van der Waals surface area contributed by atoms with Crippen LogP contribution in [0.2, 0.25) is 0 Å². The highest BCUT2D eigenvalue weighted by Gasteiger charge is 2.20. The maximum Gasteiger partial charge on any atom is 0.250 e. The van der Waals surface area contributed by atoms with Crippen LogP contribution >= 0.6 is 11.8 Å². The standard InChI is InChI=1S/C8H16N2O2S/c1-13-5-3-10-8(11)7-6-9-2-4-12-7/h7,9H,2-6H2,1H3,(H,10,11). The molecule has 1 unspecified atom stereocenters. The van der Waals surface area contributed by atoms with E-state index in [1.807, 2.05) is 6.26 Å². The first-order valence-corrected chi connectivity index (χ1v) is 5.83. The summed E-state index contributed by atoms with van der Waals surface area (Å²) in [6.07, 6.45) is 1.72. The fourth-order valence-corrected chi connectivity index (χ4v) is 1.43. The Hall–Kier alpha value is -0.260. The van der Waals surface area contributed by atoms with Gasteiger partial charge in [-0.05, 0) is 6.26 Å². The van der Waals surface area contributed by atoms with Crippen LogP contribution in [0.3, 0.4) is 0 Å². The lowest BCUT2D eigenvalue weighted by Gasteiger charge is -2.22. The minimum absolute atomic E-state index is 0.00116. The second-order valence-corrected chi connectivity index (χ2v) is 3.83. The number of rotatable bonds is 4. The van der Waals surface area contributed by atoms with Gasteiger partial charge in [-0.15, -0.1) is 0 Å². The Kier molecular flexibility index (Phi) is 5.19. The Bertz CT molecular complexity index is 160. The van der Waals surface area contributed by atoms with Gasteiger partial charge in [-0.1, -0.05) is 0 Å². The highest BCUT2D eigenvalue weighted by atomic mass is 32.2. The van der Waals surface area contributed by atoms with Gasteiger partial charge in [0.1, 0.15) is 6.10 Å². The van der Waals surface area contributed by atoms with Crippen LogP contribution in [0.25, 0.3) is 0 Å². The van der Waals surface area contributed by atoms with Gasteiger partial charge in [0.05, 0.1) is 6.61 Å². The SMILES string of the molecule is CSCCNC(=O)C1CNCCO1. The van der Waals surface area contributed by atoms with Gasteiger partial charge in [0, 0.05) is 25.4 Å². The van der Waals surface area contributed by atoms with E-state index in [0.29, 0.717) is 13.2 Å². The minimum Gasteiger partial charge on any atom is -0.366 e. The van der Waals surface area contributed by atoms with Crippen LogP contribution in [0, 0.1) is 0 Å². The quantitative estimate of drug-likeness (QED) is 0.604. The molecule has 5 heteroatoms. The molecule has 1 heterocycles. The molecule has 4 nitrogen and oxygen atoms in total. The molecule has 0 aromatic heterocycles. The van der Waals surface area contributed by atoms with Crippen LogP contribution in [0.4, 0.5) is 0 Å². The number of morpholine rings is 1. The molecule has 0 aliphatic carbocycles. The second kappa shape index (κ2) is 6.23. The van der Waals surface area contributed by atoms with Gasteiger partial charge >= 0.3 is 0 Å². The number of nitrogens with one attached hydrogen (secondary N) is 2. The third kappa shape index (κ3) is 3.97. The smallest absolute Gasteiger partial charge is 0.250 e. The maximum atomic E-state index is 11.4. The Morgan fingerprint density at radius 2 is 2.62 bits per heavy atom. The number of ether oxygens (including phenoxy) is 1. The van der Waals surface area contributed by atoms with Gasteiger partial charge in [0.2, 0.25) is 5.91 Å². The predicted molar refractivity (Wildman–Crippen MR) is 54.0 cm³/mol. The molecule has 2 N–H and O–H groups in total. The molecular weight excluding hydrogens is 188 g/mol. The van der Waals surface area contributed by atoms with Gasteiger partial charge < -0.3 is 15.4 Å². The fraction of sp³-hybridized carbons (Fsp3) is 0.875. The second-order valence-electron chi connectivity index (χ2n) is 2.85. The molecule has 1 aliphatic heterocycles. The van der Waals surface area contributed by atoms with Gasteiger partial charge in [-0.2, -0.15) is 11.8 Å². The molecule has 1 saturated heterocycles. The van der Waals surface area contributed by atoms with Crippen molar-refractivity contribution in [2.45, 2.75) is 6.10 Å². The number of amides is 1. The summed E-state index contributed by atoms with van der Waals surface area (Å²) in [7, 11) is 0. The van der Waals surface area contributed by atoms with E-state index in [9.17, 15) is 4.79 Å². The van der Waals surface area contributed by atoms with E-state index < -0.39 is 0 Å². The van der Waals surface area contributed by atoms with Crippen molar-refractivity contribution < 1.29 is 9.53 Å². The van der Waals surface area contributed by atoms with Crippen molar-refractivity contribution in [2.75, 3.05) is 38.2 Å². The zero-order valence-electron chi connectivity index (χ0n) is 7.84. The van der Waals surface area contributed by atoms with Crippen molar-refractivity contribution in [3.8, 4) is 0 Å². The summed E-state index contributed by atoms with van der Waals surface area (Å²) >= 11 is 1.72. The number of carbonyl (C=O) groups is 1. The summed E-state index contributed by atoms with van der Waals surface area (Å²) in [4.78, 5) is 11.4. The van der Waals surface area contributed by atoms with Crippen molar-refractivity contribution in [3.05, 3.63) is 0 Å². The lowest BCUT2D eigenvalue weighted by molar-refractivity contribution is -0.134. The number of hydrogen-bond acceptors (Lipinski definition) is 4. The summed E-state index contributed by atoms with van der Waals surface area (Å²) in [5.41, 5.74) is 0. The van der Waals surface area contributed by atoms with E-state index in [1.165, 1.54) is 0 Å². The molecule has 1 atom stereocenters. The van der Waals surface area contributed by atoms with E-state index in [0.717, 1.165) is 18.8 Å². The van der Waals surface area contributed by atoms with Crippen LogP contribution < -0.4 is 10.6 Å². The first-order chi connectivity index (χ1) is 6.34. The Balaban J connectivity index is 2.13. The molecule has 1 amide bonds. The van der Waals surface area contributed by atoms with Crippen molar-refractivity contribution in [1.29, 1.82) is 0 Å². The largest absolute Gasteiger partial charge is 0.366 e. The van der Waals surface area contributed by atoms with Crippen LogP contribution in [-0.4, -0.2) is 50.3 Å². The van der Waals surface area contributed by atoms with Crippen LogP contribution in [0.1, 0.15) is 0 Å². The molecule has 0 spiro atoms. The molecular formula is C8H16N2O2S. The van der Waals surface area contributed by atoms with E-state index in [2.05, 4.69) is 10.6 Å². The van der Waals surface area contributed by atoms with Crippen molar-refractivity contribution >= 4 is 17.7 Å². The first-order valence-electron chi connectivity index (χ1n) is 4.43. The molecule has 76 valence electrons. The topological polar surface area (TPSA) is 50.4 Å². The third-order valence-electron chi connectivity index (χ3n) is 1.83. The minimum atomic E-state index is -0.296. The van der Waals surface area contributed by atoms with Crippen LogP contribution in [-0.2, 0) is 9.53 Å². The molecule has 0 saturated carbocycles. The number of thioether (sulfide) groups is 1. The lowest BCUT2D eigenvalue weighted by Crippen LogP contribution is -2.48. The maximum absolute atomic E-state index is 11.4.